The van der Waals surface area contributed by atoms with Crippen LogP contribution in [-0.4, -0.2) is 36.0 Å². The second-order valence-electron chi connectivity index (χ2n) is 2.16. The van der Waals surface area contributed by atoms with E-state index in [2.05, 4.69) is 12.6 Å². The van der Waals surface area contributed by atoms with E-state index in [1.807, 2.05) is 0 Å². The molecular formula is C5H11N3OS. The number of thiol groups is 1. The van der Waals surface area contributed by atoms with Crippen molar-refractivity contribution in [1.82, 2.24) is 4.90 Å². The van der Waals surface area contributed by atoms with Crippen LogP contribution < -0.4 is 5.73 Å². The van der Waals surface area contributed by atoms with Crippen LogP contribution in [0.2, 0.25) is 0 Å². The molecule has 1 saturated heterocycles. The lowest BCUT2D eigenvalue weighted by Gasteiger charge is -2.30. The van der Waals surface area contributed by atoms with E-state index in [-0.39, 0.29) is 11.4 Å². The number of hydrogen-bond donors (Lipinski definition) is 3. The first kappa shape index (κ1) is 7.68. The highest BCUT2D eigenvalue weighted by atomic mass is 32.1. The van der Waals surface area contributed by atoms with Gasteiger partial charge in [-0.1, -0.05) is 0 Å². The minimum Gasteiger partial charge on any atom is -0.370 e. The number of nitrogens with zero attached hydrogens (tertiary/aromatic N) is 1. The number of hydrogen-bond acceptors (Lipinski definition) is 3. The van der Waals surface area contributed by atoms with Crippen LogP contribution in [0, 0.1) is 5.41 Å². The highest BCUT2D eigenvalue weighted by molar-refractivity contribution is 7.80. The van der Waals surface area contributed by atoms with Crippen LogP contribution in [0.5, 0.6) is 0 Å². The zero-order valence-electron chi connectivity index (χ0n) is 5.58. The average Bonchev–Trinajstić information content (AvgIpc) is 1.88. The highest BCUT2D eigenvalue weighted by Gasteiger charge is 2.17. The molecule has 1 aliphatic rings. The molecule has 1 unspecified atom stereocenters. The summed E-state index contributed by atoms with van der Waals surface area (Å²) >= 11 is 4.10. The third-order valence-corrected chi connectivity index (χ3v) is 1.70. The van der Waals surface area contributed by atoms with Crippen molar-refractivity contribution in [2.75, 3.05) is 19.7 Å². The molecule has 4 nitrogen and oxygen atoms in total. The Morgan fingerprint density at radius 3 is 2.90 bits per heavy atom. The lowest BCUT2D eigenvalue weighted by molar-refractivity contribution is 0.0465. The predicted molar refractivity (Wildman–Crippen MR) is 42.2 cm³/mol. The first-order chi connectivity index (χ1) is 4.70. The lowest BCUT2D eigenvalue weighted by atomic mass is 10.4. The second-order valence-corrected chi connectivity index (χ2v) is 2.73. The van der Waals surface area contributed by atoms with Gasteiger partial charge in [-0.15, -0.1) is 12.6 Å². The van der Waals surface area contributed by atoms with Gasteiger partial charge in [-0.2, -0.15) is 0 Å². The molecule has 58 valence electrons. The van der Waals surface area contributed by atoms with Crippen LogP contribution in [0.15, 0.2) is 0 Å². The molecule has 0 aromatic rings. The van der Waals surface area contributed by atoms with Gasteiger partial charge in [-0.05, 0) is 0 Å². The summed E-state index contributed by atoms with van der Waals surface area (Å²) in [6.07, 6.45) is 0. The van der Waals surface area contributed by atoms with Crippen molar-refractivity contribution < 1.29 is 4.74 Å². The largest absolute Gasteiger partial charge is 0.370 e. The Hall–Kier alpha value is -0.420. The molecule has 1 atom stereocenters. The molecule has 0 spiro atoms. The molecule has 3 N–H and O–H groups in total. The third-order valence-electron chi connectivity index (χ3n) is 1.39. The SMILES string of the molecule is N=C(N)N1CCOC(S)C1. The molecule has 0 aromatic heterocycles. The number of guanidine groups is 1. The lowest BCUT2D eigenvalue weighted by Crippen LogP contribution is -2.46. The van der Waals surface area contributed by atoms with E-state index in [0.717, 1.165) is 0 Å². The average molecular weight is 161 g/mol. The highest BCUT2D eigenvalue weighted by Crippen LogP contribution is 2.06. The van der Waals surface area contributed by atoms with Gasteiger partial charge in [0.25, 0.3) is 0 Å². The number of ether oxygens (including phenoxy) is 1. The number of nitrogens with two attached hydrogens (primary N) is 1. The standard InChI is InChI=1S/C5H11N3OS/c6-5(7)8-1-2-9-4(10)3-8/h4,10H,1-3H2,(H3,6,7). The van der Waals surface area contributed by atoms with Crippen molar-refractivity contribution in [2.45, 2.75) is 5.44 Å². The fourth-order valence-electron chi connectivity index (χ4n) is 0.850. The maximum Gasteiger partial charge on any atom is 0.188 e. The summed E-state index contributed by atoms with van der Waals surface area (Å²) in [5.41, 5.74) is 5.15. The Morgan fingerprint density at radius 1 is 1.80 bits per heavy atom. The van der Waals surface area contributed by atoms with Gasteiger partial charge in [-0.25, -0.2) is 0 Å². The summed E-state index contributed by atoms with van der Waals surface area (Å²) in [5, 5.41) is 7.09. The fraction of sp³-hybridized carbons (Fsp3) is 0.800. The molecular weight excluding hydrogens is 150 g/mol. The van der Waals surface area contributed by atoms with Crippen LogP contribution in [-0.2, 0) is 4.74 Å². The summed E-state index contributed by atoms with van der Waals surface area (Å²) < 4.78 is 5.13. The Balaban J connectivity index is 2.39. The summed E-state index contributed by atoms with van der Waals surface area (Å²) in [7, 11) is 0. The Bertz CT molecular complexity index is 141. The molecule has 0 saturated carbocycles. The molecule has 1 aliphatic heterocycles. The molecule has 0 bridgehead atoms. The zero-order valence-corrected chi connectivity index (χ0v) is 6.47. The minimum atomic E-state index is -0.0994. The van der Waals surface area contributed by atoms with E-state index in [4.69, 9.17) is 15.9 Å². The summed E-state index contributed by atoms with van der Waals surface area (Å²) in [4.78, 5) is 1.74. The van der Waals surface area contributed by atoms with E-state index in [1.54, 1.807) is 4.90 Å². The van der Waals surface area contributed by atoms with E-state index >= 15 is 0 Å². The maximum absolute atomic E-state index is 7.09. The van der Waals surface area contributed by atoms with Gasteiger partial charge in [0.05, 0.1) is 13.2 Å². The molecule has 0 radical (unpaired) electrons. The van der Waals surface area contributed by atoms with Crippen LogP contribution in [0.3, 0.4) is 0 Å². The number of nitrogens with one attached hydrogen (secondary N) is 1. The van der Waals surface area contributed by atoms with Crippen LogP contribution in [0.1, 0.15) is 0 Å². The van der Waals surface area contributed by atoms with Gasteiger partial charge in [-0.3, -0.25) is 5.41 Å². The molecule has 1 rings (SSSR count). The Kier molecular flexibility index (Phi) is 2.39. The second kappa shape index (κ2) is 3.12. The fourth-order valence-corrected chi connectivity index (χ4v) is 1.15. The van der Waals surface area contributed by atoms with Crippen molar-refractivity contribution in [3.8, 4) is 0 Å². The van der Waals surface area contributed by atoms with Gasteiger partial charge in [0, 0.05) is 6.54 Å². The molecule has 0 amide bonds. The van der Waals surface area contributed by atoms with Gasteiger partial charge in [0.1, 0.15) is 5.44 Å². The van der Waals surface area contributed by atoms with Crippen LogP contribution in [0.4, 0.5) is 0 Å². The van der Waals surface area contributed by atoms with Crippen molar-refractivity contribution in [3.05, 3.63) is 0 Å². The number of morpholine rings is 1. The van der Waals surface area contributed by atoms with Crippen molar-refractivity contribution in [1.29, 1.82) is 5.41 Å². The monoisotopic (exact) mass is 161 g/mol. The third kappa shape index (κ3) is 1.78. The quantitative estimate of drug-likeness (QED) is 0.254. The van der Waals surface area contributed by atoms with E-state index in [0.29, 0.717) is 19.7 Å². The van der Waals surface area contributed by atoms with E-state index < -0.39 is 0 Å². The molecule has 0 aromatic carbocycles. The number of rotatable bonds is 0. The first-order valence-corrected chi connectivity index (χ1v) is 3.60. The van der Waals surface area contributed by atoms with Gasteiger partial charge < -0.3 is 15.4 Å². The minimum absolute atomic E-state index is 0.0994. The molecule has 1 heterocycles. The maximum atomic E-state index is 7.09. The van der Waals surface area contributed by atoms with Gasteiger partial charge in [0.15, 0.2) is 5.96 Å². The topological polar surface area (TPSA) is 62.3 Å². The first-order valence-electron chi connectivity index (χ1n) is 3.09. The van der Waals surface area contributed by atoms with Crippen molar-refractivity contribution >= 4 is 18.6 Å². The predicted octanol–water partition coefficient (Wildman–Crippen LogP) is -0.532. The normalized spacial score (nSPS) is 26.5. The Morgan fingerprint density at radius 2 is 2.50 bits per heavy atom. The smallest absolute Gasteiger partial charge is 0.188 e. The van der Waals surface area contributed by atoms with Gasteiger partial charge in [0.2, 0.25) is 0 Å². The Labute approximate surface area is 65.2 Å². The van der Waals surface area contributed by atoms with Crippen LogP contribution in [0.25, 0.3) is 0 Å². The molecule has 10 heavy (non-hydrogen) atoms. The van der Waals surface area contributed by atoms with Crippen molar-refractivity contribution in [2.24, 2.45) is 5.73 Å². The van der Waals surface area contributed by atoms with Gasteiger partial charge >= 0.3 is 0 Å². The van der Waals surface area contributed by atoms with Crippen LogP contribution >= 0.6 is 12.6 Å². The molecule has 5 heteroatoms. The summed E-state index contributed by atoms with van der Waals surface area (Å²) in [5.74, 6) is 0.0994. The zero-order chi connectivity index (χ0) is 7.56. The molecule has 0 aliphatic carbocycles. The van der Waals surface area contributed by atoms with Crippen molar-refractivity contribution in [3.63, 3.8) is 0 Å². The molecule has 1 fully saturated rings. The van der Waals surface area contributed by atoms with E-state index in [1.165, 1.54) is 0 Å². The summed E-state index contributed by atoms with van der Waals surface area (Å²) in [6.45, 7) is 1.92. The van der Waals surface area contributed by atoms with E-state index in [9.17, 15) is 0 Å². The summed E-state index contributed by atoms with van der Waals surface area (Å²) in [6, 6.07) is 0.